The molecule has 0 saturated heterocycles. The van der Waals surface area contributed by atoms with Gasteiger partial charge in [-0.3, -0.25) is 14.5 Å². The Labute approximate surface area is 206 Å². The van der Waals surface area contributed by atoms with Gasteiger partial charge in [0.1, 0.15) is 0 Å². The monoisotopic (exact) mass is 493 g/mol. The molecule has 3 aromatic rings. The molecule has 1 aliphatic rings. The van der Waals surface area contributed by atoms with Crippen LogP contribution in [0.4, 0.5) is 5.69 Å². The third-order valence-corrected chi connectivity index (χ3v) is 6.45. The Morgan fingerprint density at radius 3 is 2.34 bits per heavy atom. The number of Topliss-reactive ketones (excluding diaryl/α,β-unsaturated/α-hetero) is 1. The Hall–Kier alpha value is -4.11. The maximum atomic E-state index is 13.4. The molecule has 0 radical (unpaired) electrons. The summed E-state index contributed by atoms with van der Waals surface area (Å²) in [5.74, 6) is -1.41. The summed E-state index contributed by atoms with van der Waals surface area (Å²) < 4.78 is 15.8. The minimum Gasteiger partial charge on any atom is -0.503 e. The first-order valence-electron chi connectivity index (χ1n) is 10.7. The standard InChI is InChI=1S/C26H23NO7S/c1-4-34-26(31)15-7-10-17(11-8-15)27-22(16-9-12-18(32-2)19(14-16)33-3)21(24(29)25(27)30)23(28)20-6-5-13-35-20/h5-14,22,29H,4H2,1-3H3. The zero-order valence-corrected chi connectivity index (χ0v) is 20.1. The second-order valence-electron chi connectivity index (χ2n) is 7.53. The highest BCUT2D eigenvalue weighted by atomic mass is 32.1. The topological polar surface area (TPSA) is 102 Å². The summed E-state index contributed by atoms with van der Waals surface area (Å²) in [5, 5.41) is 12.6. The Bertz CT molecular complexity index is 1300. The summed E-state index contributed by atoms with van der Waals surface area (Å²) in [4.78, 5) is 40.5. The number of carbonyl (C=O) groups is 3. The number of methoxy groups -OCH3 is 2. The molecule has 180 valence electrons. The Balaban J connectivity index is 1.84. The number of rotatable bonds is 8. The summed E-state index contributed by atoms with van der Waals surface area (Å²) in [6.07, 6.45) is 0. The van der Waals surface area contributed by atoms with Gasteiger partial charge in [-0.1, -0.05) is 12.1 Å². The third-order valence-electron chi connectivity index (χ3n) is 5.58. The summed E-state index contributed by atoms with van der Waals surface area (Å²) >= 11 is 1.22. The van der Waals surface area contributed by atoms with Gasteiger partial charge in [-0.15, -0.1) is 11.3 Å². The number of anilines is 1. The maximum absolute atomic E-state index is 13.4. The summed E-state index contributed by atoms with van der Waals surface area (Å²) in [6.45, 7) is 1.95. The van der Waals surface area contributed by atoms with E-state index in [2.05, 4.69) is 0 Å². The van der Waals surface area contributed by atoms with Crippen LogP contribution in [0.2, 0.25) is 0 Å². The number of esters is 1. The van der Waals surface area contributed by atoms with Gasteiger partial charge in [0, 0.05) is 5.69 Å². The lowest BCUT2D eigenvalue weighted by atomic mass is 9.94. The molecule has 2 aromatic carbocycles. The molecule has 1 amide bonds. The van der Waals surface area contributed by atoms with E-state index in [-0.39, 0.29) is 12.2 Å². The summed E-state index contributed by atoms with van der Waals surface area (Å²) in [6, 6.07) is 13.7. The van der Waals surface area contributed by atoms with Crippen molar-refractivity contribution in [1.82, 2.24) is 0 Å². The van der Waals surface area contributed by atoms with E-state index in [9.17, 15) is 19.5 Å². The zero-order valence-electron chi connectivity index (χ0n) is 19.3. The number of carbonyl (C=O) groups excluding carboxylic acids is 3. The molecule has 9 heteroatoms. The van der Waals surface area contributed by atoms with Gasteiger partial charge < -0.3 is 19.3 Å². The number of amides is 1. The fourth-order valence-electron chi connectivity index (χ4n) is 3.95. The summed E-state index contributed by atoms with van der Waals surface area (Å²) in [7, 11) is 2.99. The van der Waals surface area contributed by atoms with Crippen molar-refractivity contribution in [2.75, 3.05) is 25.7 Å². The van der Waals surface area contributed by atoms with E-state index in [1.165, 1.54) is 42.6 Å². The highest BCUT2D eigenvalue weighted by Gasteiger charge is 2.45. The SMILES string of the molecule is CCOC(=O)c1ccc(N2C(=O)C(O)=C(C(=O)c3cccs3)C2c2ccc(OC)c(OC)c2)cc1. The molecule has 0 fully saturated rings. The Kier molecular flexibility index (Phi) is 6.88. The molecular weight excluding hydrogens is 470 g/mol. The predicted octanol–water partition coefficient (Wildman–Crippen LogP) is 4.72. The van der Waals surface area contributed by atoms with E-state index in [4.69, 9.17) is 14.2 Å². The molecular formula is C26H23NO7S. The number of aliphatic hydroxyl groups excluding tert-OH is 1. The first-order chi connectivity index (χ1) is 16.9. The number of aliphatic hydroxyl groups is 1. The minimum absolute atomic E-state index is 0.0425. The van der Waals surface area contributed by atoms with Crippen LogP contribution in [0.15, 0.2) is 71.3 Å². The number of hydrogen-bond donors (Lipinski definition) is 1. The van der Waals surface area contributed by atoms with Crippen molar-refractivity contribution < 1.29 is 33.7 Å². The number of thiophene rings is 1. The number of nitrogens with zero attached hydrogens (tertiary/aromatic N) is 1. The predicted molar refractivity (Wildman–Crippen MR) is 130 cm³/mol. The van der Waals surface area contributed by atoms with Gasteiger partial charge >= 0.3 is 5.97 Å². The van der Waals surface area contributed by atoms with Crippen molar-refractivity contribution in [3.63, 3.8) is 0 Å². The normalized spacial score (nSPS) is 15.3. The molecule has 1 aromatic heterocycles. The lowest BCUT2D eigenvalue weighted by Crippen LogP contribution is -2.31. The molecule has 0 bridgehead atoms. The number of benzene rings is 2. The molecule has 1 unspecified atom stereocenters. The fourth-order valence-corrected chi connectivity index (χ4v) is 4.63. The molecule has 35 heavy (non-hydrogen) atoms. The molecule has 0 aliphatic carbocycles. The van der Waals surface area contributed by atoms with Crippen molar-refractivity contribution in [3.8, 4) is 11.5 Å². The first-order valence-corrected chi connectivity index (χ1v) is 11.6. The van der Waals surface area contributed by atoms with Crippen LogP contribution in [0.25, 0.3) is 0 Å². The van der Waals surface area contributed by atoms with E-state index < -0.39 is 29.5 Å². The number of ketones is 1. The molecule has 8 nitrogen and oxygen atoms in total. The number of ether oxygens (including phenoxy) is 3. The highest BCUT2D eigenvalue weighted by molar-refractivity contribution is 7.12. The van der Waals surface area contributed by atoms with Crippen molar-refractivity contribution in [3.05, 3.63) is 87.3 Å². The van der Waals surface area contributed by atoms with Crippen molar-refractivity contribution in [2.45, 2.75) is 13.0 Å². The van der Waals surface area contributed by atoms with E-state index in [0.717, 1.165) is 0 Å². The van der Waals surface area contributed by atoms with Crippen LogP contribution < -0.4 is 14.4 Å². The van der Waals surface area contributed by atoms with E-state index in [0.29, 0.717) is 33.2 Å². The average Bonchev–Trinajstić information content (AvgIpc) is 3.51. The van der Waals surface area contributed by atoms with Crippen LogP contribution >= 0.6 is 11.3 Å². The van der Waals surface area contributed by atoms with Crippen LogP contribution in [0, 0.1) is 0 Å². The molecule has 0 spiro atoms. The van der Waals surface area contributed by atoms with Gasteiger partial charge in [0.05, 0.1) is 42.9 Å². The highest BCUT2D eigenvalue weighted by Crippen LogP contribution is 2.44. The fraction of sp³-hybridized carbons (Fsp3) is 0.192. The quantitative estimate of drug-likeness (QED) is 0.358. The third kappa shape index (κ3) is 4.38. The molecule has 1 aliphatic heterocycles. The van der Waals surface area contributed by atoms with Gasteiger partial charge in [0.2, 0.25) is 5.78 Å². The lowest BCUT2D eigenvalue weighted by molar-refractivity contribution is -0.117. The molecule has 4 rings (SSSR count). The summed E-state index contributed by atoms with van der Waals surface area (Å²) in [5.41, 5.74) is 1.20. The second-order valence-corrected chi connectivity index (χ2v) is 8.48. The van der Waals surface area contributed by atoms with E-state index in [1.807, 2.05) is 0 Å². The first kappa shape index (κ1) is 24.0. The Morgan fingerprint density at radius 1 is 1.03 bits per heavy atom. The second kappa shape index (κ2) is 10.0. The van der Waals surface area contributed by atoms with Gasteiger partial charge in [-0.25, -0.2) is 4.79 Å². The smallest absolute Gasteiger partial charge is 0.338 e. The van der Waals surface area contributed by atoms with Crippen LogP contribution in [0.3, 0.4) is 0 Å². The van der Waals surface area contributed by atoms with Crippen molar-refractivity contribution in [2.24, 2.45) is 0 Å². The lowest BCUT2D eigenvalue weighted by Gasteiger charge is -2.27. The van der Waals surface area contributed by atoms with Crippen LogP contribution in [0.1, 0.15) is 38.6 Å². The largest absolute Gasteiger partial charge is 0.503 e. The van der Waals surface area contributed by atoms with Crippen molar-refractivity contribution >= 4 is 34.7 Å². The average molecular weight is 494 g/mol. The van der Waals surface area contributed by atoms with Crippen molar-refractivity contribution in [1.29, 1.82) is 0 Å². The van der Waals surface area contributed by atoms with Crippen LogP contribution in [-0.2, 0) is 9.53 Å². The van der Waals surface area contributed by atoms with Gasteiger partial charge in [-0.2, -0.15) is 0 Å². The molecule has 2 heterocycles. The van der Waals surface area contributed by atoms with Crippen LogP contribution in [0.5, 0.6) is 11.5 Å². The minimum atomic E-state index is -0.939. The van der Waals surface area contributed by atoms with Gasteiger partial charge in [0.25, 0.3) is 5.91 Å². The Morgan fingerprint density at radius 2 is 1.74 bits per heavy atom. The maximum Gasteiger partial charge on any atom is 0.338 e. The van der Waals surface area contributed by atoms with E-state index >= 15 is 0 Å². The zero-order chi connectivity index (χ0) is 25.1. The molecule has 1 N–H and O–H groups in total. The molecule has 0 saturated carbocycles. The van der Waals surface area contributed by atoms with Gasteiger partial charge in [-0.05, 0) is 60.3 Å². The van der Waals surface area contributed by atoms with E-state index in [1.54, 1.807) is 54.8 Å². The van der Waals surface area contributed by atoms with Gasteiger partial charge in [0.15, 0.2) is 17.3 Å². The molecule has 1 atom stereocenters. The van der Waals surface area contributed by atoms with Crippen LogP contribution in [-0.4, -0.2) is 43.6 Å². The number of hydrogen-bond acceptors (Lipinski definition) is 8.